The largest absolute Gasteiger partial charge is 0.480 e. The van der Waals surface area contributed by atoms with Crippen molar-refractivity contribution in [1.29, 1.82) is 0 Å². The van der Waals surface area contributed by atoms with Gasteiger partial charge in [0.25, 0.3) is 5.69 Å². The molecule has 1 unspecified atom stereocenters. The summed E-state index contributed by atoms with van der Waals surface area (Å²) >= 11 is 3.25. The molecule has 0 bridgehead atoms. The van der Waals surface area contributed by atoms with Gasteiger partial charge in [-0.15, -0.1) is 0 Å². The number of halogens is 1. The Kier molecular flexibility index (Phi) is 6.36. The zero-order valence-corrected chi connectivity index (χ0v) is 15.6. The summed E-state index contributed by atoms with van der Waals surface area (Å²) in [4.78, 5) is 21.1. The molecule has 2 atom stereocenters. The summed E-state index contributed by atoms with van der Waals surface area (Å²) < 4.78 is 24.5. The van der Waals surface area contributed by atoms with Gasteiger partial charge in [0.05, 0.1) is 11.1 Å². The van der Waals surface area contributed by atoms with Crippen LogP contribution < -0.4 is 14.8 Å². The van der Waals surface area contributed by atoms with E-state index in [1.807, 2.05) is 0 Å². The minimum absolute atomic E-state index is 0.0219. The number of nitro benzene ring substituents is 1. The molecule has 0 heterocycles. The highest BCUT2D eigenvalue weighted by Crippen LogP contribution is 2.49. The number of carboxylic acids is 1. The minimum Gasteiger partial charge on any atom is -0.480 e. The Labute approximate surface area is 156 Å². The van der Waals surface area contributed by atoms with E-state index in [9.17, 15) is 19.5 Å². The third kappa shape index (κ3) is 5.55. The molecule has 138 valence electrons. The predicted molar refractivity (Wildman–Crippen MR) is 96.6 cm³/mol. The predicted octanol–water partition coefficient (Wildman–Crippen LogP) is 3.42. The fraction of sp³-hybridized carbons (Fsp3) is 0.133. The first-order valence-corrected chi connectivity index (χ1v) is 9.67. The van der Waals surface area contributed by atoms with Gasteiger partial charge in [0.1, 0.15) is 17.5 Å². The number of carboxylic acid groups (broad SMARTS) is 1. The second-order valence-corrected chi connectivity index (χ2v) is 7.99. The maximum absolute atomic E-state index is 13.0. The first kappa shape index (κ1) is 19.9. The van der Waals surface area contributed by atoms with Crippen LogP contribution >= 0.6 is 23.5 Å². The number of nitro groups is 1. The molecule has 3 N–H and O–H groups in total. The van der Waals surface area contributed by atoms with Gasteiger partial charge >= 0.3 is 13.6 Å². The number of hydrogen-bond acceptors (Lipinski definition) is 7. The highest BCUT2D eigenvalue weighted by molar-refractivity contribution is 9.10. The van der Waals surface area contributed by atoms with Crippen LogP contribution in [0.1, 0.15) is 0 Å². The van der Waals surface area contributed by atoms with Crippen molar-refractivity contribution < 1.29 is 28.4 Å². The highest BCUT2D eigenvalue weighted by atomic mass is 79.9. The topological polar surface area (TPSA) is 142 Å². The average Bonchev–Trinajstić information content (AvgIpc) is 2.57. The van der Waals surface area contributed by atoms with Gasteiger partial charge in [0.15, 0.2) is 0 Å². The zero-order valence-electron chi connectivity index (χ0n) is 13.1. The van der Waals surface area contributed by atoms with Gasteiger partial charge in [-0.2, -0.15) is 0 Å². The molecule has 0 aliphatic rings. The molecule has 0 radical (unpaired) electrons. The number of hydrogen-bond donors (Lipinski definition) is 2. The summed E-state index contributed by atoms with van der Waals surface area (Å²) in [6.45, 7) is 0. The summed E-state index contributed by atoms with van der Waals surface area (Å²) in [5.41, 5.74) is 5.29. The monoisotopic (exact) mass is 444 g/mol. The Morgan fingerprint density at radius 2 is 1.62 bits per heavy atom. The average molecular weight is 445 g/mol. The van der Waals surface area contributed by atoms with Crippen molar-refractivity contribution in [3.05, 3.63) is 63.1 Å². The van der Waals surface area contributed by atoms with Crippen molar-refractivity contribution >= 4 is 35.2 Å². The van der Waals surface area contributed by atoms with Gasteiger partial charge in [0.2, 0.25) is 0 Å². The molecule has 2 aromatic rings. The van der Waals surface area contributed by atoms with E-state index >= 15 is 0 Å². The van der Waals surface area contributed by atoms with Crippen LogP contribution in [0.2, 0.25) is 0 Å². The number of nitrogens with two attached hydrogens (primary N) is 1. The molecule has 2 rings (SSSR count). The van der Waals surface area contributed by atoms with Gasteiger partial charge in [-0.1, -0.05) is 15.9 Å². The summed E-state index contributed by atoms with van der Waals surface area (Å²) in [6.07, 6.45) is -0.588. The number of aliphatic carboxylic acids is 1. The van der Waals surface area contributed by atoms with Crippen LogP contribution in [-0.2, 0) is 9.36 Å². The second-order valence-electron chi connectivity index (χ2n) is 5.13. The molecule has 0 saturated carbocycles. The smallest absolute Gasteiger partial charge is 0.432 e. The van der Waals surface area contributed by atoms with E-state index in [4.69, 9.17) is 19.9 Å². The van der Waals surface area contributed by atoms with E-state index in [-0.39, 0.29) is 17.2 Å². The number of nitrogens with zero attached hydrogens (tertiary/aromatic N) is 1. The Balaban J connectivity index is 2.26. The molecule has 9 nitrogen and oxygen atoms in total. The van der Waals surface area contributed by atoms with Crippen LogP contribution in [-0.4, -0.2) is 28.2 Å². The maximum Gasteiger partial charge on any atom is 0.432 e. The lowest BCUT2D eigenvalue weighted by Crippen LogP contribution is -2.35. The summed E-state index contributed by atoms with van der Waals surface area (Å²) in [5.74, 6) is -1.15. The van der Waals surface area contributed by atoms with E-state index in [2.05, 4.69) is 15.9 Å². The Morgan fingerprint density at radius 1 is 1.15 bits per heavy atom. The summed E-state index contributed by atoms with van der Waals surface area (Å²) in [7, 11) is -4.02. The molecule has 2 aromatic carbocycles. The lowest BCUT2D eigenvalue weighted by atomic mass is 10.3. The first-order chi connectivity index (χ1) is 12.2. The summed E-state index contributed by atoms with van der Waals surface area (Å²) in [6, 6.07) is 9.64. The molecule has 0 spiro atoms. The Bertz CT molecular complexity index is 842. The molecular weight excluding hydrogens is 431 g/mol. The van der Waals surface area contributed by atoms with Crippen molar-refractivity contribution in [2.75, 3.05) is 6.16 Å². The standard InChI is InChI=1S/C15H14BrN2O7P/c16-10-1-5-12(6-2-10)24-26(23,9-14(17)15(19)20)25-13-7-3-11(4-8-13)18(21)22/h1-8,14H,9,17H2,(H,19,20)/t14-,26?/m1/s1. The highest BCUT2D eigenvalue weighted by Gasteiger charge is 2.34. The van der Waals surface area contributed by atoms with Crippen LogP contribution in [0.4, 0.5) is 5.69 Å². The molecule has 11 heteroatoms. The fourth-order valence-electron chi connectivity index (χ4n) is 1.86. The third-order valence-corrected chi connectivity index (χ3v) is 5.43. The van der Waals surface area contributed by atoms with Crippen LogP contribution in [0, 0.1) is 10.1 Å². The number of carbonyl (C=O) groups is 1. The molecular formula is C15H14BrN2O7P. The molecule has 0 aliphatic carbocycles. The van der Waals surface area contributed by atoms with Crippen LogP contribution in [0.3, 0.4) is 0 Å². The van der Waals surface area contributed by atoms with Gasteiger partial charge < -0.3 is 19.9 Å². The third-order valence-electron chi connectivity index (χ3n) is 3.09. The van der Waals surface area contributed by atoms with Crippen molar-refractivity contribution in [2.45, 2.75) is 6.04 Å². The van der Waals surface area contributed by atoms with Crippen LogP contribution in [0.25, 0.3) is 0 Å². The molecule has 26 heavy (non-hydrogen) atoms. The molecule has 0 aromatic heterocycles. The maximum atomic E-state index is 13.0. The molecule has 0 fully saturated rings. The van der Waals surface area contributed by atoms with E-state index < -0.39 is 30.7 Å². The van der Waals surface area contributed by atoms with Crippen molar-refractivity contribution in [2.24, 2.45) is 5.73 Å². The van der Waals surface area contributed by atoms with Gasteiger partial charge in [-0.25, -0.2) is 4.57 Å². The molecule has 0 saturated heterocycles. The zero-order chi connectivity index (χ0) is 19.3. The lowest BCUT2D eigenvalue weighted by Gasteiger charge is -2.21. The van der Waals surface area contributed by atoms with E-state index in [0.717, 1.165) is 16.6 Å². The van der Waals surface area contributed by atoms with Gasteiger partial charge in [-0.3, -0.25) is 14.9 Å². The van der Waals surface area contributed by atoms with Gasteiger partial charge in [0, 0.05) is 16.6 Å². The fourth-order valence-corrected chi connectivity index (χ4v) is 3.83. The second kappa shape index (κ2) is 8.31. The number of rotatable bonds is 8. The quantitative estimate of drug-likeness (QED) is 0.358. The summed E-state index contributed by atoms with van der Waals surface area (Å²) in [5, 5.41) is 19.7. The SMILES string of the molecule is N[C@H](CP(=O)(Oc1ccc(Br)cc1)Oc1ccc([N+](=O)[O-])cc1)C(=O)O. The van der Waals surface area contributed by atoms with Crippen LogP contribution in [0.15, 0.2) is 53.0 Å². The Hall–Kier alpha value is -2.42. The van der Waals surface area contributed by atoms with Gasteiger partial charge in [-0.05, 0) is 36.4 Å². The Morgan fingerprint density at radius 3 is 2.04 bits per heavy atom. The van der Waals surface area contributed by atoms with Crippen molar-refractivity contribution in [1.82, 2.24) is 0 Å². The number of benzene rings is 2. The minimum atomic E-state index is -4.02. The first-order valence-electron chi connectivity index (χ1n) is 7.15. The normalized spacial score (nSPS) is 14.1. The molecule has 0 aliphatic heterocycles. The van der Waals surface area contributed by atoms with E-state index in [1.165, 1.54) is 24.3 Å². The number of non-ortho nitro benzene ring substituents is 1. The van der Waals surface area contributed by atoms with Crippen molar-refractivity contribution in [3.8, 4) is 11.5 Å². The lowest BCUT2D eigenvalue weighted by molar-refractivity contribution is -0.384. The van der Waals surface area contributed by atoms with Crippen molar-refractivity contribution in [3.63, 3.8) is 0 Å². The van der Waals surface area contributed by atoms with Crippen LogP contribution in [0.5, 0.6) is 11.5 Å². The molecule has 0 amide bonds. The van der Waals surface area contributed by atoms with E-state index in [1.54, 1.807) is 12.1 Å². The van der Waals surface area contributed by atoms with E-state index in [0.29, 0.717) is 0 Å².